The number of hydrogen-bond donors (Lipinski definition) is 1. The summed E-state index contributed by atoms with van der Waals surface area (Å²) < 4.78 is 2.53. The first-order valence-corrected chi connectivity index (χ1v) is 9.52. The van der Waals surface area contributed by atoms with Crippen LogP contribution >= 0.6 is 11.6 Å². The molecule has 8 heteroatoms. The zero-order chi connectivity index (χ0) is 20.4. The van der Waals surface area contributed by atoms with Crippen LogP contribution in [-0.2, 0) is 17.8 Å². The lowest BCUT2D eigenvalue weighted by Crippen LogP contribution is -2.30. The molecule has 0 radical (unpaired) electrons. The van der Waals surface area contributed by atoms with Crippen molar-refractivity contribution in [3.63, 3.8) is 0 Å². The molecule has 0 saturated heterocycles. The third-order valence-corrected chi connectivity index (χ3v) is 4.92. The van der Waals surface area contributed by atoms with E-state index in [0.29, 0.717) is 21.9 Å². The standard InChI is InChI=1S/C21H18ClN5O2/c1-2-14-7-9-15(10-8-14)18-11-19-21(29)26(23-13-27(19)25-18)12-20(28)24-17-6-4-3-5-16(17)22/h3-11,13H,2,12H2,1H3,(H,24,28). The van der Waals surface area contributed by atoms with Crippen molar-refractivity contribution in [1.82, 2.24) is 19.4 Å². The normalized spacial score (nSPS) is 11.0. The van der Waals surface area contributed by atoms with Gasteiger partial charge >= 0.3 is 0 Å². The fraction of sp³-hybridized carbons (Fsp3) is 0.143. The van der Waals surface area contributed by atoms with Crippen LogP contribution in [0.1, 0.15) is 12.5 Å². The summed E-state index contributed by atoms with van der Waals surface area (Å²) in [6.45, 7) is 1.86. The molecule has 2 aromatic carbocycles. The van der Waals surface area contributed by atoms with Gasteiger partial charge in [-0.3, -0.25) is 9.59 Å². The van der Waals surface area contributed by atoms with Crippen LogP contribution in [-0.4, -0.2) is 25.3 Å². The van der Waals surface area contributed by atoms with Gasteiger partial charge in [-0.2, -0.15) is 10.2 Å². The number of nitrogens with one attached hydrogen (secondary N) is 1. The zero-order valence-corrected chi connectivity index (χ0v) is 16.4. The molecule has 0 atom stereocenters. The highest BCUT2D eigenvalue weighted by atomic mass is 35.5. The van der Waals surface area contributed by atoms with E-state index >= 15 is 0 Å². The molecule has 0 aliphatic rings. The first-order chi connectivity index (χ1) is 14.0. The first-order valence-electron chi connectivity index (χ1n) is 9.14. The van der Waals surface area contributed by atoms with E-state index in [1.807, 2.05) is 24.3 Å². The lowest BCUT2D eigenvalue weighted by atomic mass is 10.1. The highest BCUT2D eigenvalue weighted by Crippen LogP contribution is 2.21. The highest BCUT2D eigenvalue weighted by Gasteiger charge is 2.13. The van der Waals surface area contributed by atoms with Crippen LogP contribution < -0.4 is 10.9 Å². The van der Waals surface area contributed by atoms with Crippen molar-refractivity contribution in [1.29, 1.82) is 0 Å². The smallest absolute Gasteiger partial charge is 0.293 e. The molecule has 1 amide bonds. The van der Waals surface area contributed by atoms with Crippen molar-refractivity contribution < 1.29 is 4.79 Å². The third kappa shape index (κ3) is 3.90. The van der Waals surface area contributed by atoms with Crippen molar-refractivity contribution in [3.8, 4) is 11.3 Å². The number of anilines is 1. The van der Waals surface area contributed by atoms with Crippen molar-refractivity contribution in [2.75, 3.05) is 5.32 Å². The van der Waals surface area contributed by atoms with Crippen LogP contribution in [0.3, 0.4) is 0 Å². The predicted octanol–water partition coefficient (Wildman–Crippen LogP) is 3.41. The van der Waals surface area contributed by atoms with Gasteiger partial charge in [0, 0.05) is 5.56 Å². The van der Waals surface area contributed by atoms with E-state index in [0.717, 1.165) is 16.7 Å². The SMILES string of the molecule is CCc1ccc(-c2cc3c(=O)n(CC(=O)Nc4ccccc4Cl)ncn3n2)cc1. The molecule has 0 spiro atoms. The molecule has 146 valence electrons. The summed E-state index contributed by atoms with van der Waals surface area (Å²) in [5.74, 6) is -0.396. The molecule has 29 heavy (non-hydrogen) atoms. The molecule has 0 saturated carbocycles. The Labute approximate surface area is 171 Å². The van der Waals surface area contributed by atoms with E-state index in [1.165, 1.54) is 16.4 Å². The third-order valence-electron chi connectivity index (χ3n) is 4.59. The molecule has 0 unspecified atom stereocenters. The molecule has 2 heterocycles. The number of nitrogens with zero attached hydrogens (tertiary/aromatic N) is 4. The number of benzene rings is 2. The fourth-order valence-electron chi connectivity index (χ4n) is 2.99. The van der Waals surface area contributed by atoms with Crippen LogP contribution in [0.25, 0.3) is 16.8 Å². The Morgan fingerprint density at radius 2 is 1.90 bits per heavy atom. The van der Waals surface area contributed by atoms with Gasteiger partial charge in [0.15, 0.2) is 0 Å². The number of aromatic nitrogens is 4. The van der Waals surface area contributed by atoms with Gasteiger partial charge in [-0.15, -0.1) is 0 Å². The minimum atomic E-state index is -0.397. The van der Waals surface area contributed by atoms with E-state index in [1.54, 1.807) is 30.3 Å². The quantitative estimate of drug-likeness (QED) is 0.549. The Hall–Kier alpha value is -3.45. The van der Waals surface area contributed by atoms with Gasteiger partial charge in [0.25, 0.3) is 5.56 Å². The predicted molar refractivity (Wildman–Crippen MR) is 112 cm³/mol. The zero-order valence-electron chi connectivity index (χ0n) is 15.7. The molecular formula is C21H18ClN5O2. The van der Waals surface area contributed by atoms with Crippen molar-refractivity contribution in [3.05, 3.63) is 81.9 Å². The van der Waals surface area contributed by atoms with E-state index in [9.17, 15) is 9.59 Å². The summed E-state index contributed by atoms with van der Waals surface area (Å²) in [6.07, 6.45) is 2.37. The molecule has 0 aliphatic heterocycles. The van der Waals surface area contributed by atoms with Gasteiger partial charge in [0.2, 0.25) is 5.91 Å². The summed E-state index contributed by atoms with van der Waals surface area (Å²) in [5.41, 5.74) is 3.24. The fourth-order valence-corrected chi connectivity index (χ4v) is 3.17. The van der Waals surface area contributed by atoms with Crippen molar-refractivity contribution in [2.24, 2.45) is 0 Å². The molecular weight excluding hydrogens is 390 g/mol. The second-order valence-corrected chi connectivity index (χ2v) is 6.94. The number of hydrogen-bond acceptors (Lipinski definition) is 4. The number of fused-ring (bicyclic) bond motifs is 1. The second-order valence-electron chi connectivity index (χ2n) is 6.53. The van der Waals surface area contributed by atoms with E-state index in [-0.39, 0.29) is 6.54 Å². The maximum absolute atomic E-state index is 12.8. The van der Waals surface area contributed by atoms with Gasteiger partial charge in [-0.05, 0) is 30.2 Å². The average Bonchev–Trinajstić information content (AvgIpc) is 3.17. The molecule has 2 aromatic heterocycles. The van der Waals surface area contributed by atoms with E-state index < -0.39 is 11.5 Å². The number of amides is 1. The Kier molecular flexibility index (Phi) is 5.14. The molecule has 4 aromatic rings. The van der Waals surface area contributed by atoms with E-state index in [2.05, 4.69) is 22.4 Å². The number of carbonyl (C=O) groups excluding carboxylic acids is 1. The van der Waals surface area contributed by atoms with Gasteiger partial charge in [0.1, 0.15) is 18.4 Å². The summed E-state index contributed by atoms with van der Waals surface area (Å²) in [5, 5.41) is 11.6. The minimum Gasteiger partial charge on any atom is -0.323 e. The number of halogens is 1. The maximum atomic E-state index is 12.8. The van der Waals surface area contributed by atoms with Crippen molar-refractivity contribution in [2.45, 2.75) is 19.9 Å². The molecule has 0 fully saturated rings. The topological polar surface area (TPSA) is 81.3 Å². The Balaban J connectivity index is 1.59. The van der Waals surface area contributed by atoms with E-state index in [4.69, 9.17) is 11.6 Å². The lowest BCUT2D eigenvalue weighted by Gasteiger charge is -2.08. The second kappa shape index (κ2) is 7.89. The Bertz CT molecular complexity index is 1240. The van der Waals surface area contributed by atoms with Gasteiger partial charge in [-0.1, -0.05) is 54.9 Å². The van der Waals surface area contributed by atoms with Crippen LogP contribution in [0.2, 0.25) is 5.02 Å². The number of aryl methyl sites for hydroxylation is 1. The average molecular weight is 408 g/mol. The Morgan fingerprint density at radius 1 is 1.14 bits per heavy atom. The largest absolute Gasteiger partial charge is 0.323 e. The molecule has 1 N–H and O–H groups in total. The number of para-hydroxylation sites is 1. The molecule has 4 rings (SSSR count). The monoisotopic (exact) mass is 407 g/mol. The molecule has 7 nitrogen and oxygen atoms in total. The summed E-state index contributed by atoms with van der Waals surface area (Å²) >= 11 is 6.05. The first kappa shape index (κ1) is 18.9. The summed E-state index contributed by atoms with van der Waals surface area (Å²) in [7, 11) is 0. The lowest BCUT2D eigenvalue weighted by molar-refractivity contribution is -0.117. The number of rotatable bonds is 5. The Morgan fingerprint density at radius 3 is 2.62 bits per heavy atom. The van der Waals surface area contributed by atoms with Gasteiger partial charge in [0.05, 0.1) is 16.4 Å². The summed E-state index contributed by atoms with van der Waals surface area (Å²) in [6, 6.07) is 16.6. The van der Waals surface area contributed by atoms with Crippen LogP contribution in [0, 0.1) is 0 Å². The molecule has 0 bridgehead atoms. The molecule has 0 aliphatic carbocycles. The van der Waals surface area contributed by atoms with Crippen LogP contribution in [0.5, 0.6) is 0 Å². The van der Waals surface area contributed by atoms with Crippen LogP contribution in [0.15, 0.2) is 65.7 Å². The highest BCUT2D eigenvalue weighted by molar-refractivity contribution is 6.33. The van der Waals surface area contributed by atoms with Crippen molar-refractivity contribution >= 4 is 28.7 Å². The minimum absolute atomic E-state index is 0.230. The van der Waals surface area contributed by atoms with Crippen LogP contribution in [0.4, 0.5) is 5.69 Å². The maximum Gasteiger partial charge on any atom is 0.293 e. The number of carbonyl (C=O) groups is 1. The van der Waals surface area contributed by atoms with Gasteiger partial charge in [-0.25, -0.2) is 9.20 Å². The van der Waals surface area contributed by atoms with Gasteiger partial charge < -0.3 is 5.32 Å². The summed E-state index contributed by atoms with van der Waals surface area (Å²) in [4.78, 5) is 25.1.